The van der Waals surface area contributed by atoms with Crippen molar-refractivity contribution in [3.05, 3.63) is 46.9 Å². The first-order chi connectivity index (χ1) is 20.0. The van der Waals surface area contributed by atoms with Crippen molar-refractivity contribution in [2.75, 3.05) is 36.4 Å². The van der Waals surface area contributed by atoms with Gasteiger partial charge in [0.25, 0.3) is 5.56 Å². The van der Waals surface area contributed by atoms with E-state index in [0.29, 0.717) is 50.6 Å². The van der Waals surface area contributed by atoms with Gasteiger partial charge >= 0.3 is 6.61 Å². The van der Waals surface area contributed by atoms with E-state index in [1.807, 2.05) is 12.1 Å². The Morgan fingerprint density at radius 3 is 2.40 bits per heavy atom. The number of pyridine rings is 1. The van der Waals surface area contributed by atoms with Crippen LogP contribution < -0.4 is 20.5 Å². The number of piperidine rings is 1. The Balaban J connectivity index is 1.19. The van der Waals surface area contributed by atoms with Crippen LogP contribution in [0.3, 0.4) is 0 Å². The molecule has 1 aliphatic carbocycles. The number of hydrogen-bond donors (Lipinski definition) is 2. The van der Waals surface area contributed by atoms with E-state index < -0.39 is 39.6 Å². The van der Waals surface area contributed by atoms with Gasteiger partial charge in [0.2, 0.25) is 16.0 Å². The Bertz CT molecular complexity index is 1620. The number of nitrogens with one attached hydrogen (secondary N) is 1. The second-order valence-electron chi connectivity index (χ2n) is 11.5. The number of alkyl halides is 2. The van der Waals surface area contributed by atoms with Crippen LogP contribution in [0.4, 0.5) is 20.4 Å². The number of hydrogen-bond acceptors (Lipinski definition) is 9. The summed E-state index contributed by atoms with van der Waals surface area (Å²) >= 11 is 0. The van der Waals surface area contributed by atoms with Gasteiger partial charge in [-0.2, -0.15) is 18.1 Å². The molecule has 0 radical (unpaired) electrons. The third kappa shape index (κ3) is 5.42. The van der Waals surface area contributed by atoms with Crippen LogP contribution in [0.25, 0.3) is 11.0 Å². The van der Waals surface area contributed by atoms with E-state index in [2.05, 4.69) is 24.9 Å². The molecule has 0 bridgehead atoms. The summed E-state index contributed by atoms with van der Waals surface area (Å²) in [5.74, 6) is -0.313. The van der Waals surface area contributed by atoms with Crippen LogP contribution in [-0.4, -0.2) is 76.8 Å². The van der Waals surface area contributed by atoms with Crippen molar-refractivity contribution in [2.24, 2.45) is 0 Å². The molecule has 3 fully saturated rings. The van der Waals surface area contributed by atoms with E-state index in [-0.39, 0.29) is 22.5 Å². The molecule has 2 aliphatic heterocycles. The largest absolute Gasteiger partial charge is 0.429 e. The van der Waals surface area contributed by atoms with E-state index in [4.69, 9.17) is 0 Å². The Morgan fingerprint density at radius 1 is 1.10 bits per heavy atom. The molecule has 2 saturated heterocycles. The summed E-state index contributed by atoms with van der Waals surface area (Å²) in [7, 11) is -3.63. The van der Waals surface area contributed by atoms with E-state index in [9.17, 15) is 27.1 Å². The Kier molecular flexibility index (Phi) is 7.56. The minimum Gasteiger partial charge on any atom is -0.429 e. The van der Waals surface area contributed by atoms with Gasteiger partial charge in [-0.3, -0.25) is 9.36 Å². The van der Waals surface area contributed by atoms with Crippen molar-refractivity contribution in [3.8, 4) is 5.75 Å². The number of ether oxygens (including phenoxy) is 1. The second-order valence-corrected chi connectivity index (χ2v) is 13.4. The second kappa shape index (κ2) is 11.0. The van der Waals surface area contributed by atoms with Crippen molar-refractivity contribution in [3.63, 3.8) is 0 Å². The highest BCUT2D eigenvalue weighted by Gasteiger charge is 2.40. The van der Waals surface area contributed by atoms with Crippen LogP contribution in [-0.2, 0) is 10.0 Å². The summed E-state index contributed by atoms with van der Waals surface area (Å²) in [6.07, 6.45) is 5.17. The quantitative estimate of drug-likeness (QED) is 0.398. The average Bonchev–Trinajstić information content (AvgIpc) is 3.27. The predicted octanol–water partition coefficient (Wildman–Crippen LogP) is 3.34. The molecule has 11 nitrogen and oxygen atoms in total. The summed E-state index contributed by atoms with van der Waals surface area (Å²) in [4.78, 5) is 24.6. The Morgan fingerprint density at radius 2 is 1.81 bits per heavy atom. The maximum absolute atomic E-state index is 13.3. The third-order valence-electron chi connectivity index (χ3n) is 8.63. The zero-order valence-corrected chi connectivity index (χ0v) is 24.1. The van der Waals surface area contributed by atoms with Crippen molar-refractivity contribution in [1.82, 2.24) is 18.8 Å². The number of sulfonamides is 1. The molecular formula is C28H34F2N6O5S. The molecule has 1 saturated carbocycles. The maximum Gasteiger partial charge on any atom is 0.387 e. The van der Waals surface area contributed by atoms with Gasteiger partial charge in [-0.05, 0) is 75.8 Å². The standard InChI is InChI=1S/C28H34F2N6O5S/c1-28(38)11-2-4-23(28)36-24-18(16-22(25(36)37)41-26(29)30)17-31-27(33-24)32-19-9-14-35(15-10-19)42(39,40)21-7-5-20(6-8-21)34-12-3-13-34/h5-8,16-17,19,23,26,38H,2-4,9-15H2,1H3,(H,31,32,33)/t23-,28-/m1/s1. The highest BCUT2D eigenvalue weighted by Crippen LogP contribution is 2.40. The van der Waals surface area contributed by atoms with Gasteiger partial charge in [-0.25, -0.2) is 13.4 Å². The van der Waals surface area contributed by atoms with Crippen molar-refractivity contribution < 1.29 is 27.0 Å². The van der Waals surface area contributed by atoms with E-state index in [1.165, 1.54) is 21.1 Å². The van der Waals surface area contributed by atoms with Gasteiger partial charge in [-0.1, -0.05) is 0 Å². The molecule has 0 amide bonds. The zero-order valence-electron chi connectivity index (χ0n) is 23.2. The molecule has 4 heterocycles. The SMILES string of the molecule is C[C@@]1(O)CCC[C@H]1n1c(=O)c(OC(F)F)cc2cnc(NC3CCN(S(=O)(=O)c4ccc(N5CCC5)cc4)CC3)nc21. The molecule has 2 aromatic heterocycles. The number of fused-ring (bicyclic) bond motifs is 1. The number of aliphatic hydroxyl groups is 1. The van der Waals surface area contributed by atoms with Crippen LogP contribution in [0, 0.1) is 0 Å². The topological polar surface area (TPSA) is 130 Å². The summed E-state index contributed by atoms with van der Waals surface area (Å²) in [6, 6.07) is 7.41. The van der Waals surface area contributed by atoms with Gasteiger partial charge in [0.1, 0.15) is 5.65 Å². The highest BCUT2D eigenvalue weighted by atomic mass is 32.2. The lowest BCUT2D eigenvalue weighted by Gasteiger charge is -2.34. The monoisotopic (exact) mass is 604 g/mol. The smallest absolute Gasteiger partial charge is 0.387 e. The lowest BCUT2D eigenvalue weighted by Crippen LogP contribution is -2.42. The molecule has 0 spiro atoms. The fourth-order valence-corrected chi connectivity index (χ4v) is 7.62. The number of benzene rings is 1. The van der Waals surface area contributed by atoms with E-state index >= 15 is 0 Å². The fourth-order valence-electron chi connectivity index (χ4n) is 6.15. The maximum atomic E-state index is 13.3. The molecular weight excluding hydrogens is 570 g/mol. The summed E-state index contributed by atoms with van der Waals surface area (Å²) < 4.78 is 59.8. The first kappa shape index (κ1) is 28.7. The number of nitrogens with zero attached hydrogens (tertiary/aromatic N) is 5. The average molecular weight is 605 g/mol. The number of halogens is 2. The Labute approximate surface area is 242 Å². The van der Waals surface area contributed by atoms with Crippen LogP contribution in [0.2, 0.25) is 0 Å². The zero-order chi connectivity index (χ0) is 29.6. The number of aromatic nitrogens is 3. The summed E-state index contributed by atoms with van der Waals surface area (Å²) in [6.45, 7) is 1.03. The summed E-state index contributed by atoms with van der Waals surface area (Å²) in [5, 5.41) is 14.5. The number of rotatable bonds is 8. The minimum atomic E-state index is -3.63. The molecule has 14 heteroatoms. The Hall–Kier alpha value is -3.36. The van der Waals surface area contributed by atoms with Gasteiger partial charge in [0.15, 0.2) is 5.75 Å². The first-order valence-corrected chi connectivity index (χ1v) is 15.7. The lowest BCUT2D eigenvalue weighted by molar-refractivity contribution is -0.0513. The van der Waals surface area contributed by atoms with E-state index in [1.54, 1.807) is 19.1 Å². The van der Waals surface area contributed by atoms with Crippen LogP contribution >= 0.6 is 0 Å². The molecule has 6 rings (SSSR count). The van der Waals surface area contributed by atoms with E-state index in [0.717, 1.165) is 25.2 Å². The molecule has 2 N–H and O–H groups in total. The minimum absolute atomic E-state index is 0.126. The van der Waals surface area contributed by atoms with Crippen LogP contribution in [0.15, 0.2) is 46.2 Å². The lowest BCUT2D eigenvalue weighted by atomic mass is 10.00. The number of anilines is 2. The molecule has 3 aliphatic rings. The fraction of sp³-hybridized carbons (Fsp3) is 0.536. The first-order valence-electron chi connectivity index (χ1n) is 14.2. The molecule has 1 aromatic carbocycles. The molecule has 0 unspecified atom stereocenters. The van der Waals surface area contributed by atoms with Crippen LogP contribution in [0.1, 0.15) is 51.5 Å². The van der Waals surface area contributed by atoms with Crippen LogP contribution in [0.5, 0.6) is 5.75 Å². The summed E-state index contributed by atoms with van der Waals surface area (Å²) in [5.41, 5.74) is -0.797. The molecule has 226 valence electrons. The highest BCUT2D eigenvalue weighted by molar-refractivity contribution is 7.89. The van der Waals surface area contributed by atoms with Gasteiger partial charge in [0, 0.05) is 49.5 Å². The molecule has 3 aromatic rings. The van der Waals surface area contributed by atoms with Gasteiger partial charge < -0.3 is 20.1 Å². The normalized spacial score (nSPS) is 23.8. The predicted molar refractivity (Wildman–Crippen MR) is 153 cm³/mol. The molecule has 42 heavy (non-hydrogen) atoms. The van der Waals surface area contributed by atoms with Crippen molar-refractivity contribution >= 4 is 32.7 Å². The third-order valence-corrected chi connectivity index (χ3v) is 10.5. The van der Waals surface area contributed by atoms with Crippen molar-refractivity contribution in [1.29, 1.82) is 0 Å². The van der Waals surface area contributed by atoms with Crippen molar-refractivity contribution in [2.45, 2.75) is 74.6 Å². The van der Waals surface area contributed by atoms with Gasteiger partial charge in [-0.15, -0.1) is 0 Å². The van der Waals surface area contributed by atoms with Gasteiger partial charge in [0.05, 0.1) is 16.5 Å². The molecule has 2 atom stereocenters.